The third-order valence-electron chi connectivity index (χ3n) is 22.0. The SMILES string of the molecule is CO[C@H]1C[C@@H]2CC[C@@H](C)[C@@](O)(O2)C(=O)C(=O)N2CCCC[C@H]2C(=O)O[C@H]([C@H](N)C[C@@H]2CC[C@@H](OC(=O)N3CCc4nc(N5CCN(c6ncc(C(=O)N7CCN(c8ncc(C(C)=O)cn8)CC7)cn6)CC5)ncc4C3)[C@H](OC)C2)CC(=O)[C@H](C)/C=C(\C)[C@@H](O)[C@@H](O)C(=O)[C@H](C)C[C@H](C)/C=C/C=C/C=C/1C. The number of aliphatic hydroxyl groups is 3. The first-order valence-corrected chi connectivity index (χ1v) is 37.1. The molecule has 5 fully saturated rings. The molecule has 29 heteroatoms. The Morgan fingerprint density at radius 1 is 0.695 bits per heavy atom. The van der Waals surface area contributed by atoms with E-state index in [4.69, 9.17) is 39.4 Å². The van der Waals surface area contributed by atoms with Gasteiger partial charge in [0.1, 0.15) is 36.2 Å². The number of anilines is 3. The fourth-order valence-electron chi connectivity index (χ4n) is 15.3. The molecule has 0 spiro atoms. The summed E-state index contributed by atoms with van der Waals surface area (Å²) in [4.78, 5) is 149. The molecule has 9 heterocycles. The Bertz CT molecular complexity index is 3710. The molecule has 1 aliphatic carbocycles. The van der Waals surface area contributed by atoms with E-state index in [-0.39, 0.29) is 61.5 Å². The Morgan fingerprint density at radius 2 is 1.34 bits per heavy atom. The number of fused-ring (bicyclic) bond motifs is 4. The largest absolute Gasteiger partial charge is 0.459 e. The lowest BCUT2D eigenvalue weighted by Gasteiger charge is -2.42. The molecule has 3 amide bonds. The highest BCUT2D eigenvalue weighted by Crippen LogP contribution is 2.38. The van der Waals surface area contributed by atoms with E-state index >= 15 is 0 Å². The summed E-state index contributed by atoms with van der Waals surface area (Å²) in [6.45, 7) is 16.7. The number of nitrogens with two attached hydrogens (primary N) is 1. The Labute approximate surface area is 614 Å². The molecule has 10 rings (SSSR count). The molecule has 4 saturated heterocycles. The lowest BCUT2D eigenvalue weighted by Crippen LogP contribution is -2.61. The van der Waals surface area contributed by atoms with Crippen LogP contribution in [0.25, 0.3) is 0 Å². The van der Waals surface area contributed by atoms with Crippen LogP contribution in [0, 0.1) is 29.6 Å². The summed E-state index contributed by atoms with van der Waals surface area (Å²) in [6.07, 6.45) is 15.3. The Morgan fingerprint density at radius 3 is 2.00 bits per heavy atom. The number of carbonyl (C=O) groups is 8. The average molecular weight is 1460 g/mol. The van der Waals surface area contributed by atoms with Crippen LogP contribution in [0.4, 0.5) is 22.6 Å². The van der Waals surface area contributed by atoms with E-state index in [0.29, 0.717) is 146 Å². The number of esters is 1. The number of cyclic esters (lactones) is 1. The number of hydrogen-bond acceptors (Lipinski definition) is 26. The standard InChI is InChI=1S/C76H105N13O16/c1-45-15-11-10-12-16-46(2)62(101-8)37-56-20-18-50(6)76(100,105-56)68(95)70(97)89-23-14-13-17-59(89)71(98)103-63(38-60(91)47(3)34-49(5)66(93)67(94)65(92)48(4)33-45)57(77)35-52-19-21-61(64(36-52)102-9)104-75(99)88-24-22-58-55(44-88)43-82-74(83-58)87-31-29-86(30-32-87)73-80-41-54(42-81-73)69(96)84-25-27-85(28-26-84)72-78-39-53(40-79-72)51(7)90/h10-12,15-16,34,39-43,45,47-48,50,52,56-57,59,61-64,66-67,93-94,100H,13-14,17-33,35-38,44,77H2,1-9H3/b12-10+,15-11+,46-16+,49-34+/t45-,47-,48-,50-,52+,56+,57-,59+,61-,62+,63+,64-,66-,67+,76-/m1/s1. The van der Waals surface area contributed by atoms with Gasteiger partial charge in [0.2, 0.25) is 23.6 Å². The maximum atomic E-state index is 14.7. The molecular formula is C76H105N13O16. The van der Waals surface area contributed by atoms with Crippen LogP contribution in [0.1, 0.15) is 157 Å². The maximum Gasteiger partial charge on any atom is 0.410 e. The van der Waals surface area contributed by atoms with Crippen molar-refractivity contribution in [1.29, 1.82) is 0 Å². The third-order valence-corrected chi connectivity index (χ3v) is 22.0. The quantitative estimate of drug-likeness (QED) is 0.0820. The molecule has 5 N–H and O–H groups in total. The molecule has 1 saturated carbocycles. The van der Waals surface area contributed by atoms with Crippen molar-refractivity contribution in [1.82, 2.24) is 44.6 Å². The molecule has 570 valence electrons. The molecule has 3 aromatic rings. The van der Waals surface area contributed by atoms with Crippen molar-refractivity contribution in [3.63, 3.8) is 0 Å². The first-order valence-electron chi connectivity index (χ1n) is 37.1. The Kier molecular flexibility index (Phi) is 27.1. The van der Waals surface area contributed by atoms with E-state index in [1.165, 1.54) is 39.4 Å². The van der Waals surface area contributed by atoms with Gasteiger partial charge in [-0.3, -0.25) is 28.8 Å². The average Bonchev–Trinajstić information content (AvgIpc) is 0.786. The van der Waals surface area contributed by atoms with E-state index in [1.807, 2.05) is 49.1 Å². The lowest BCUT2D eigenvalue weighted by atomic mass is 9.80. The van der Waals surface area contributed by atoms with Gasteiger partial charge >= 0.3 is 12.1 Å². The molecule has 0 unspecified atom stereocenters. The third kappa shape index (κ3) is 19.5. The predicted octanol–water partition coefficient (Wildman–Crippen LogP) is 5.28. The first-order chi connectivity index (χ1) is 50.2. The maximum absolute atomic E-state index is 14.7. The zero-order valence-electron chi connectivity index (χ0n) is 62.0. The van der Waals surface area contributed by atoms with E-state index in [1.54, 1.807) is 56.3 Å². The second-order valence-electron chi connectivity index (χ2n) is 29.6. The predicted molar refractivity (Wildman–Crippen MR) is 386 cm³/mol. The molecule has 105 heavy (non-hydrogen) atoms. The summed E-state index contributed by atoms with van der Waals surface area (Å²) in [7, 11) is 3.09. The van der Waals surface area contributed by atoms with Crippen molar-refractivity contribution in [2.45, 2.75) is 199 Å². The van der Waals surface area contributed by atoms with Crippen LogP contribution in [0.5, 0.6) is 0 Å². The molecule has 29 nitrogen and oxygen atoms in total. The second kappa shape index (κ2) is 35.8. The number of carbonyl (C=O) groups excluding carboxylic acids is 8. The van der Waals surface area contributed by atoms with Crippen LogP contribution < -0.4 is 20.4 Å². The van der Waals surface area contributed by atoms with Crippen molar-refractivity contribution in [2.75, 3.05) is 94.4 Å². The number of piperidine rings is 1. The van der Waals surface area contributed by atoms with Gasteiger partial charge in [-0.05, 0) is 108 Å². The number of methoxy groups -OCH3 is 2. The number of hydrogen-bond donors (Lipinski definition) is 4. The highest BCUT2D eigenvalue weighted by molar-refractivity contribution is 6.39. The summed E-state index contributed by atoms with van der Waals surface area (Å²) in [6, 6.07) is -2.25. The van der Waals surface area contributed by atoms with Crippen molar-refractivity contribution in [3.05, 3.63) is 101 Å². The molecule has 0 aromatic carbocycles. The van der Waals surface area contributed by atoms with Gasteiger partial charge in [-0.15, -0.1) is 0 Å². The van der Waals surface area contributed by atoms with Crippen LogP contribution in [-0.4, -0.2) is 247 Å². The van der Waals surface area contributed by atoms with Crippen LogP contribution in [0.3, 0.4) is 0 Å². The minimum Gasteiger partial charge on any atom is -0.459 e. The summed E-state index contributed by atoms with van der Waals surface area (Å²) < 4.78 is 30.5. The number of Topliss-reactive ketones (excluding diaryl/α,β-unsaturated/α-hetero) is 4. The van der Waals surface area contributed by atoms with Gasteiger partial charge in [0.25, 0.3) is 17.6 Å². The van der Waals surface area contributed by atoms with Gasteiger partial charge < -0.3 is 74.1 Å². The Hall–Kier alpha value is -8.32. The normalized spacial score (nSPS) is 31.8. The van der Waals surface area contributed by atoms with Crippen LogP contribution >= 0.6 is 0 Å². The van der Waals surface area contributed by atoms with E-state index < -0.39 is 120 Å². The zero-order valence-corrected chi connectivity index (χ0v) is 62.0. The number of nitrogens with zero attached hydrogens (tertiary/aromatic N) is 12. The van der Waals surface area contributed by atoms with Crippen LogP contribution in [0.2, 0.25) is 0 Å². The van der Waals surface area contributed by atoms with Crippen molar-refractivity contribution in [2.24, 2.45) is 35.3 Å². The molecule has 15 atom stereocenters. The second-order valence-corrected chi connectivity index (χ2v) is 29.6. The smallest absolute Gasteiger partial charge is 0.410 e. The van der Waals surface area contributed by atoms with Gasteiger partial charge in [-0.2, -0.15) is 0 Å². The molecular weight excluding hydrogens is 1350 g/mol. The summed E-state index contributed by atoms with van der Waals surface area (Å²) in [5.74, 6) is -7.95. The minimum atomic E-state index is -2.51. The van der Waals surface area contributed by atoms with Gasteiger partial charge in [0.15, 0.2) is 11.6 Å². The number of ketones is 4. The Balaban J connectivity index is 0.750. The number of aromatic nitrogens is 6. The molecule has 6 aliphatic heterocycles. The fourth-order valence-corrected chi connectivity index (χ4v) is 15.3. The van der Waals surface area contributed by atoms with Gasteiger partial charge in [0.05, 0.1) is 41.7 Å². The van der Waals surface area contributed by atoms with Gasteiger partial charge in [-0.1, -0.05) is 64.2 Å². The summed E-state index contributed by atoms with van der Waals surface area (Å²) in [5, 5.41) is 34.7. The molecule has 3 aromatic heterocycles. The number of amides is 3. The number of piperazine rings is 2. The minimum absolute atomic E-state index is 0.00101. The zero-order chi connectivity index (χ0) is 75.4. The van der Waals surface area contributed by atoms with Gasteiger partial charge in [-0.25, -0.2) is 39.5 Å². The summed E-state index contributed by atoms with van der Waals surface area (Å²) in [5.41, 5.74) is 10.6. The van der Waals surface area contributed by atoms with Crippen molar-refractivity contribution < 1.29 is 77.4 Å². The molecule has 7 aliphatic rings. The molecule has 2 bridgehead atoms. The highest BCUT2D eigenvalue weighted by atomic mass is 16.6. The van der Waals surface area contributed by atoms with Crippen LogP contribution in [-0.2, 0) is 60.6 Å². The fraction of sp³-hybridized carbons (Fsp3) is 0.632. The van der Waals surface area contributed by atoms with Gasteiger partial charge in [0, 0.05) is 159 Å². The first kappa shape index (κ1) is 79.2. The topological polar surface area (TPSA) is 366 Å². The number of aliphatic hydroxyl groups excluding tert-OH is 2. The highest BCUT2D eigenvalue weighted by Gasteiger charge is 2.53. The van der Waals surface area contributed by atoms with E-state index in [0.717, 1.165) is 21.7 Å². The number of allylic oxidation sites excluding steroid dienone is 6. The molecule has 0 radical (unpaired) electrons. The number of ether oxygens (including phenoxy) is 5. The monoisotopic (exact) mass is 1460 g/mol. The lowest BCUT2D eigenvalue weighted by molar-refractivity contribution is -0.265. The van der Waals surface area contributed by atoms with Crippen molar-refractivity contribution in [3.8, 4) is 0 Å². The van der Waals surface area contributed by atoms with E-state index in [9.17, 15) is 53.7 Å². The van der Waals surface area contributed by atoms with Crippen molar-refractivity contribution >= 4 is 64.9 Å². The summed E-state index contributed by atoms with van der Waals surface area (Å²) >= 11 is 0. The van der Waals surface area contributed by atoms with Crippen LogP contribution in [0.15, 0.2) is 78.6 Å². The number of rotatable bonds is 11. The van der Waals surface area contributed by atoms with E-state index in [2.05, 4.69) is 29.7 Å².